The Kier molecular flexibility index (Phi) is 12.0. The van der Waals surface area contributed by atoms with Crippen LogP contribution in [0.1, 0.15) is 0 Å². The van der Waals surface area contributed by atoms with Crippen LogP contribution in [0.15, 0.2) is 0 Å². The topological polar surface area (TPSA) is 26.6 Å². The predicted molar refractivity (Wildman–Crippen MR) is 50.6 cm³/mol. The second-order valence-corrected chi connectivity index (χ2v) is 2.56. The van der Waals surface area contributed by atoms with E-state index in [9.17, 15) is 0 Å². The maximum absolute atomic E-state index is 4.89. The molecule has 0 unspecified atom stereocenters. The molecule has 0 spiro atoms. The molecular formula is C6H15Cl2N2O+. The van der Waals surface area contributed by atoms with Crippen LogP contribution in [0, 0.1) is 0 Å². The highest BCUT2D eigenvalue weighted by atomic mass is 35.5. The zero-order valence-corrected chi connectivity index (χ0v) is 8.83. The number of halogens is 2. The van der Waals surface area contributed by atoms with Crippen molar-refractivity contribution < 1.29 is 4.42 Å². The molecule has 0 heterocycles. The molecule has 0 aliphatic carbocycles. The molecule has 0 aromatic heterocycles. The van der Waals surface area contributed by atoms with E-state index in [1.165, 1.54) is 0 Å². The fourth-order valence-electron chi connectivity index (χ4n) is 0.508. The molecule has 0 atom stereocenters. The van der Waals surface area contributed by atoms with Crippen LogP contribution in [0.5, 0.6) is 0 Å². The monoisotopic (exact) mass is 201 g/mol. The largest absolute Gasteiger partial charge is 0.501 e. The normalized spacial score (nSPS) is 9.82. The highest BCUT2D eigenvalue weighted by Gasteiger charge is 2.06. The maximum atomic E-state index is 4.89. The zero-order chi connectivity index (χ0) is 9.28. The fourth-order valence-corrected chi connectivity index (χ4v) is 0.508. The van der Waals surface area contributed by atoms with Crippen molar-refractivity contribution in [3.05, 3.63) is 0 Å². The molecule has 0 aromatic carbocycles. The van der Waals surface area contributed by atoms with Crippen molar-refractivity contribution in [2.45, 2.75) is 0 Å². The number of hydrogen-bond donors (Lipinski definition) is 1. The molecule has 0 aromatic rings. The van der Waals surface area contributed by atoms with Crippen molar-refractivity contribution in [3.8, 4) is 0 Å². The van der Waals surface area contributed by atoms with Gasteiger partial charge in [0.2, 0.25) is 0 Å². The van der Waals surface area contributed by atoms with Gasteiger partial charge < -0.3 is 0 Å². The molecule has 0 rings (SSSR count). The molecule has 0 bridgehead atoms. The summed E-state index contributed by atoms with van der Waals surface area (Å²) < 4.78 is 4.89. The number of hydrogen-bond acceptors (Lipinski definition) is 0. The third-order valence-electron chi connectivity index (χ3n) is 0.813. The Morgan fingerprint density at radius 2 is 1.82 bits per heavy atom. The SMILES string of the molecule is CNC(=[O+]C)N(C)C.ClCCl. The first-order chi connectivity index (χ1) is 5.13. The second-order valence-electron chi connectivity index (χ2n) is 1.75. The van der Waals surface area contributed by atoms with Gasteiger partial charge in [-0.3, -0.25) is 10.2 Å². The van der Waals surface area contributed by atoms with Gasteiger partial charge in [0, 0.05) is 21.1 Å². The van der Waals surface area contributed by atoms with Crippen LogP contribution in [0.3, 0.4) is 0 Å². The van der Waals surface area contributed by atoms with E-state index in [0.717, 1.165) is 6.03 Å². The number of nitrogens with zero attached hydrogens (tertiary/aromatic N) is 1. The molecule has 2 amide bonds. The van der Waals surface area contributed by atoms with Crippen LogP contribution in [-0.2, 0) is 0 Å². The summed E-state index contributed by atoms with van der Waals surface area (Å²) in [5, 5.41) is 3.07. The van der Waals surface area contributed by atoms with E-state index >= 15 is 0 Å². The van der Waals surface area contributed by atoms with Crippen molar-refractivity contribution in [2.75, 3.05) is 33.6 Å². The molecule has 11 heavy (non-hydrogen) atoms. The van der Waals surface area contributed by atoms with Gasteiger partial charge in [-0.25, -0.2) is 4.42 Å². The Labute approximate surface area is 78.0 Å². The number of urea groups is 1. The summed E-state index contributed by atoms with van der Waals surface area (Å²) in [5.74, 6) is 0. The van der Waals surface area contributed by atoms with E-state index in [1.807, 2.05) is 26.0 Å². The Morgan fingerprint density at radius 3 is 1.82 bits per heavy atom. The Morgan fingerprint density at radius 1 is 1.45 bits per heavy atom. The van der Waals surface area contributed by atoms with Crippen LogP contribution < -0.4 is 5.32 Å². The highest BCUT2D eigenvalue weighted by molar-refractivity contribution is 6.40. The molecule has 68 valence electrons. The smallest absolute Gasteiger partial charge is 0.293 e. The minimum Gasteiger partial charge on any atom is -0.293 e. The van der Waals surface area contributed by atoms with E-state index < -0.39 is 0 Å². The summed E-state index contributed by atoms with van der Waals surface area (Å²) in [7, 11) is 7.27. The van der Waals surface area contributed by atoms with Gasteiger partial charge in [-0.1, -0.05) is 0 Å². The number of nitrogens with one attached hydrogen (secondary N) is 1. The molecule has 3 nitrogen and oxygen atoms in total. The van der Waals surface area contributed by atoms with Crippen molar-refractivity contribution in [1.29, 1.82) is 0 Å². The number of rotatable bonds is 0. The molecule has 0 saturated carbocycles. The van der Waals surface area contributed by atoms with Gasteiger partial charge in [-0.2, -0.15) is 0 Å². The number of carbonyl (C=O) groups excluding carboxylic acids is 1. The summed E-state index contributed by atoms with van der Waals surface area (Å²) in [5.41, 5.74) is 0. The van der Waals surface area contributed by atoms with E-state index in [1.54, 1.807) is 7.11 Å². The molecule has 0 radical (unpaired) electrons. The van der Waals surface area contributed by atoms with E-state index in [2.05, 4.69) is 5.32 Å². The molecule has 0 aliphatic heterocycles. The molecule has 0 saturated heterocycles. The maximum Gasteiger partial charge on any atom is 0.501 e. The average Bonchev–Trinajstić information content (AvgIpc) is 1.91. The van der Waals surface area contributed by atoms with Gasteiger partial charge >= 0.3 is 6.03 Å². The van der Waals surface area contributed by atoms with Gasteiger partial charge in [-0.15, -0.1) is 23.2 Å². The number of alkyl halides is 2. The van der Waals surface area contributed by atoms with Gasteiger partial charge in [0.1, 0.15) is 0 Å². The number of amides is 2. The zero-order valence-electron chi connectivity index (χ0n) is 7.32. The lowest BCUT2D eigenvalue weighted by Crippen LogP contribution is -2.32. The molecular weight excluding hydrogens is 187 g/mol. The minimum absolute atomic E-state index is 0.194. The minimum atomic E-state index is 0.194. The average molecular weight is 202 g/mol. The third kappa shape index (κ3) is 9.85. The van der Waals surface area contributed by atoms with Crippen LogP contribution in [0.4, 0.5) is 4.42 Å². The Balaban J connectivity index is 0. The van der Waals surface area contributed by atoms with Crippen LogP contribution >= 0.6 is 23.2 Å². The Bertz CT molecular complexity index is 107. The second kappa shape index (κ2) is 9.85. The van der Waals surface area contributed by atoms with E-state index in [4.69, 9.17) is 27.6 Å². The molecule has 0 aliphatic rings. The van der Waals surface area contributed by atoms with Crippen LogP contribution in [0.2, 0.25) is 0 Å². The summed E-state index contributed by atoms with van der Waals surface area (Å²) in [6.45, 7) is 0. The summed E-state index contributed by atoms with van der Waals surface area (Å²) in [6, 6.07) is 0.769. The van der Waals surface area contributed by atoms with Crippen molar-refractivity contribution in [2.24, 2.45) is 0 Å². The first-order valence-electron chi connectivity index (χ1n) is 3.01. The molecule has 5 heteroatoms. The standard InChI is InChI=1S/C5H13N2O.CH2Cl2/c1-6-5(8-4)7(2)3;2-1-3/h6H,1-4H3;1H2/q+1;. The first kappa shape index (κ1) is 13.4. The highest BCUT2D eigenvalue weighted by Crippen LogP contribution is 1.78. The first-order valence-corrected chi connectivity index (χ1v) is 4.08. The fraction of sp³-hybridized carbons (Fsp3) is 0.833. The van der Waals surface area contributed by atoms with Crippen molar-refractivity contribution in [3.63, 3.8) is 0 Å². The lowest BCUT2D eigenvalue weighted by molar-refractivity contribution is -0.0946. The van der Waals surface area contributed by atoms with Crippen molar-refractivity contribution in [1.82, 2.24) is 10.2 Å². The predicted octanol–water partition coefficient (Wildman–Crippen LogP) is 1.47. The van der Waals surface area contributed by atoms with Crippen molar-refractivity contribution >= 4 is 29.2 Å². The summed E-state index contributed by atoms with van der Waals surface area (Å²) >= 11 is 9.53. The van der Waals surface area contributed by atoms with Crippen LogP contribution in [-0.4, -0.2) is 44.5 Å². The van der Waals surface area contributed by atoms with E-state index in [-0.39, 0.29) is 5.34 Å². The third-order valence-corrected chi connectivity index (χ3v) is 0.813. The molecule has 1 N–H and O–H groups in total. The van der Waals surface area contributed by atoms with Gasteiger partial charge in [0.05, 0.1) is 5.34 Å². The van der Waals surface area contributed by atoms with Gasteiger partial charge in [0.15, 0.2) is 0 Å². The van der Waals surface area contributed by atoms with Crippen LogP contribution in [0.25, 0.3) is 0 Å². The van der Waals surface area contributed by atoms with E-state index in [0.29, 0.717) is 0 Å². The summed E-state index contributed by atoms with van der Waals surface area (Å²) in [4.78, 5) is 1.86. The van der Waals surface area contributed by atoms with Gasteiger partial charge in [0.25, 0.3) is 7.11 Å². The summed E-state index contributed by atoms with van der Waals surface area (Å²) in [6.07, 6.45) is 0. The Hall–Kier alpha value is -0.150. The lowest BCUT2D eigenvalue weighted by atomic mass is 10.8. The molecule has 0 fully saturated rings. The van der Waals surface area contributed by atoms with Gasteiger partial charge in [-0.05, 0) is 0 Å². The quantitative estimate of drug-likeness (QED) is 0.455. The lowest BCUT2D eigenvalue weighted by Gasteiger charge is -2.02.